The first-order valence-electron chi connectivity index (χ1n) is 11.3. The van der Waals surface area contributed by atoms with E-state index in [2.05, 4.69) is 10.3 Å². The van der Waals surface area contributed by atoms with Crippen LogP contribution in [0.2, 0.25) is 0 Å². The predicted octanol–water partition coefficient (Wildman–Crippen LogP) is 4.26. The topological polar surface area (TPSA) is 66.7 Å². The number of fused-ring (bicyclic) bond motifs is 2. The van der Waals surface area contributed by atoms with Crippen molar-refractivity contribution >= 4 is 28.1 Å². The second-order valence-corrected chi connectivity index (χ2v) is 9.78. The maximum Gasteiger partial charge on any atom is 0.270 e. The summed E-state index contributed by atoms with van der Waals surface area (Å²) in [6.45, 7) is 3.07. The Labute approximate surface area is 195 Å². The number of nitrogens with zero attached hydrogens (tertiary/aromatic N) is 3. The number of likely N-dealkylation sites (tertiary alicyclic amines) is 1. The van der Waals surface area contributed by atoms with Gasteiger partial charge in [-0.2, -0.15) is 0 Å². The summed E-state index contributed by atoms with van der Waals surface area (Å²) in [6, 6.07) is 17.8. The fourth-order valence-electron chi connectivity index (χ4n) is 5.21. The number of benzene rings is 2. The van der Waals surface area contributed by atoms with Gasteiger partial charge in [0.2, 0.25) is 0 Å². The summed E-state index contributed by atoms with van der Waals surface area (Å²) in [5, 5.41) is 5.03. The number of hydrogen-bond donors (Lipinski definition) is 1. The number of carbonyl (C=O) groups excluding carboxylic acids is 2. The maximum atomic E-state index is 13.7. The zero-order valence-corrected chi connectivity index (χ0v) is 19.1. The fraction of sp³-hybridized carbons (Fsp3) is 0.269. The quantitative estimate of drug-likeness (QED) is 0.488. The van der Waals surface area contributed by atoms with Gasteiger partial charge in [-0.1, -0.05) is 48.5 Å². The molecule has 1 saturated carbocycles. The molecule has 166 valence electrons. The van der Waals surface area contributed by atoms with Gasteiger partial charge in [-0.05, 0) is 42.4 Å². The van der Waals surface area contributed by atoms with Crippen molar-refractivity contribution in [1.29, 1.82) is 0 Å². The summed E-state index contributed by atoms with van der Waals surface area (Å²) in [5.41, 5.74) is 3.99. The SMILES string of the molecule is Cc1nc2sccn2c1C(=O)NCC1C2CC2CN1C(=O)c1ccccc1-c1ccccc1. The van der Waals surface area contributed by atoms with Gasteiger partial charge in [-0.25, -0.2) is 4.98 Å². The second-order valence-electron chi connectivity index (χ2n) is 8.91. The third-order valence-electron chi connectivity index (χ3n) is 6.93. The molecule has 1 aliphatic carbocycles. The van der Waals surface area contributed by atoms with Crippen LogP contribution in [-0.4, -0.2) is 45.2 Å². The van der Waals surface area contributed by atoms with Crippen LogP contribution < -0.4 is 5.32 Å². The molecule has 1 saturated heterocycles. The largest absolute Gasteiger partial charge is 0.349 e. The highest BCUT2D eigenvalue weighted by Crippen LogP contribution is 2.50. The van der Waals surface area contributed by atoms with Gasteiger partial charge in [-0.3, -0.25) is 14.0 Å². The van der Waals surface area contributed by atoms with Gasteiger partial charge in [-0.15, -0.1) is 11.3 Å². The summed E-state index contributed by atoms with van der Waals surface area (Å²) in [5.74, 6) is 0.909. The highest BCUT2D eigenvalue weighted by molar-refractivity contribution is 7.15. The minimum atomic E-state index is -0.139. The van der Waals surface area contributed by atoms with Crippen LogP contribution in [0.3, 0.4) is 0 Å². The number of imidazole rings is 1. The molecule has 0 spiro atoms. The van der Waals surface area contributed by atoms with Crippen molar-refractivity contribution in [3.05, 3.63) is 83.1 Å². The Morgan fingerprint density at radius 3 is 2.76 bits per heavy atom. The van der Waals surface area contributed by atoms with E-state index < -0.39 is 0 Å². The van der Waals surface area contributed by atoms with E-state index in [1.165, 1.54) is 11.3 Å². The molecule has 2 aromatic heterocycles. The molecule has 2 fully saturated rings. The van der Waals surface area contributed by atoms with Crippen LogP contribution in [0.15, 0.2) is 66.2 Å². The number of rotatable bonds is 5. The van der Waals surface area contributed by atoms with Crippen molar-refractivity contribution in [3.63, 3.8) is 0 Å². The Kier molecular flexibility index (Phi) is 4.80. The summed E-state index contributed by atoms with van der Waals surface area (Å²) in [4.78, 5) is 34.0. The molecule has 4 aromatic rings. The van der Waals surface area contributed by atoms with Crippen molar-refractivity contribution in [3.8, 4) is 11.1 Å². The molecular weight excluding hydrogens is 432 g/mol. The Balaban J connectivity index is 1.23. The number of amides is 2. The van der Waals surface area contributed by atoms with E-state index in [0.29, 0.717) is 29.6 Å². The van der Waals surface area contributed by atoms with Gasteiger partial charge in [0.1, 0.15) is 5.69 Å². The normalized spacial score (nSPS) is 21.2. The third kappa shape index (κ3) is 3.43. The zero-order chi connectivity index (χ0) is 22.5. The molecular formula is C26H24N4O2S. The average Bonchev–Trinajstić information content (AvgIpc) is 3.13. The first kappa shape index (κ1) is 20.2. The van der Waals surface area contributed by atoms with E-state index in [1.807, 2.05) is 82.4 Å². The highest BCUT2D eigenvalue weighted by Gasteiger charge is 2.54. The van der Waals surface area contributed by atoms with Crippen LogP contribution in [0.25, 0.3) is 16.1 Å². The molecule has 7 heteroatoms. The minimum absolute atomic E-state index is 0.0153. The van der Waals surface area contributed by atoms with Crippen LogP contribution in [0.1, 0.15) is 33.0 Å². The molecule has 2 amide bonds. The van der Waals surface area contributed by atoms with E-state index in [9.17, 15) is 9.59 Å². The smallest absolute Gasteiger partial charge is 0.270 e. The van der Waals surface area contributed by atoms with Crippen molar-refractivity contribution in [2.75, 3.05) is 13.1 Å². The van der Waals surface area contributed by atoms with E-state index in [1.54, 1.807) is 0 Å². The molecule has 3 atom stereocenters. The van der Waals surface area contributed by atoms with Crippen LogP contribution >= 0.6 is 11.3 Å². The van der Waals surface area contributed by atoms with E-state index in [0.717, 1.165) is 34.7 Å². The highest BCUT2D eigenvalue weighted by atomic mass is 32.1. The summed E-state index contributed by atoms with van der Waals surface area (Å²) in [6.07, 6.45) is 3.00. The van der Waals surface area contributed by atoms with Gasteiger partial charge in [0, 0.05) is 30.2 Å². The number of aryl methyl sites for hydroxylation is 1. The monoisotopic (exact) mass is 456 g/mol. The van der Waals surface area contributed by atoms with E-state index in [-0.39, 0.29) is 17.9 Å². The van der Waals surface area contributed by atoms with Crippen molar-refractivity contribution in [2.45, 2.75) is 19.4 Å². The maximum absolute atomic E-state index is 13.7. The van der Waals surface area contributed by atoms with Crippen LogP contribution in [0.4, 0.5) is 0 Å². The van der Waals surface area contributed by atoms with Crippen molar-refractivity contribution in [2.24, 2.45) is 11.8 Å². The lowest BCUT2D eigenvalue weighted by atomic mass is 9.98. The number of thiazole rings is 1. The first-order chi connectivity index (χ1) is 16.1. The molecule has 6 rings (SSSR count). The second kappa shape index (κ2) is 7.85. The Morgan fingerprint density at radius 2 is 1.91 bits per heavy atom. The van der Waals surface area contributed by atoms with Crippen molar-refractivity contribution < 1.29 is 9.59 Å². The van der Waals surface area contributed by atoms with Gasteiger partial charge < -0.3 is 10.2 Å². The standard InChI is InChI=1S/C26H24N4O2S/c1-16-23(29-11-12-33-26(29)28-16)24(31)27-14-22-21-13-18(21)15-30(22)25(32)20-10-6-5-9-19(20)17-7-3-2-4-8-17/h2-12,18,21-22H,13-15H2,1H3,(H,27,31). The van der Waals surface area contributed by atoms with E-state index >= 15 is 0 Å². The molecule has 0 bridgehead atoms. The number of piperidine rings is 1. The third-order valence-corrected chi connectivity index (χ3v) is 7.69. The van der Waals surface area contributed by atoms with Gasteiger partial charge in [0.25, 0.3) is 11.8 Å². The molecule has 2 aliphatic rings. The molecule has 3 unspecified atom stereocenters. The molecule has 33 heavy (non-hydrogen) atoms. The summed E-state index contributed by atoms with van der Waals surface area (Å²) >= 11 is 1.51. The molecule has 2 aromatic carbocycles. The summed E-state index contributed by atoms with van der Waals surface area (Å²) in [7, 11) is 0. The Hall–Kier alpha value is -3.45. The van der Waals surface area contributed by atoms with E-state index in [4.69, 9.17) is 0 Å². The fourth-order valence-corrected chi connectivity index (χ4v) is 5.97. The molecule has 0 radical (unpaired) electrons. The minimum Gasteiger partial charge on any atom is -0.349 e. The number of carbonyl (C=O) groups is 2. The van der Waals surface area contributed by atoms with Crippen LogP contribution in [0.5, 0.6) is 0 Å². The number of hydrogen-bond acceptors (Lipinski definition) is 4. The lowest BCUT2D eigenvalue weighted by Gasteiger charge is -2.28. The van der Waals surface area contributed by atoms with Gasteiger partial charge >= 0.3 is 0 Å². The predicted molar refractivity (Wildman–Crippen MR) is 128 cm³/mol. The lowest BCUT2D eigenvalue weighted by molar-refractivity contribution is 0.0695. The lowest BCUT2D eigenvalue weighted by Crippen LogP contribution is -2.45. The Morgan fingerprint density at radius 1 is 1.12 bits per heavy atom. The Bertz CT molecular complexity index is 1360. The first-order valence-corrected chi connectivity index (χ1v) is 12.2. The molecule has 6 nitrogen and oxygen atoms in total. The number of aromatic nitrogens is 2. The van der Waals surface area contributed by atoms with Crippen LogP contribution in [-0.2, 0) is 0 Å². The summed E-state index contributed by atoms with van der Waals surface area (Å²) < 4.78 is 1.84. The molecule has 1 N–H and O–H groups in total. The van der Waals surface area contributed by atoms with Crippen molar-refractivity contribution in [1.82, 2.24) is 19.6 Å². The number of nitrogens with one attached hydrogen (secondary N) is 1. The van der Waals surface area contributed by atoms with Gasteiger partial charge in [0.15, 0.2) is 4.96 Å². The van der Waals surface area contributed by atoms with Gasteiger partial charge in [0.05, 0.1) is 11.7 Å². The molecule has 1 aliphatic heterocycles. The molecule has 3 heterocycles. The zero-order valence-electron chi connectivity index (χ0n) is 18.3. The average molecular weight is 457 g/mol. The van der Waals surface area contributed by atoms with Crippen LogP contribution in [0, 0.1) is 18.8 Å².